The SMILES string of the molecule is CN(c1cccc(OCc2ccccc2)n1)C(C)(C)C. The van der Waals surface area contributed by atoms with E-state index in [1.165, 1.54) is 0 Å². The van der Waals surface area contributed by atoms with Crippen LogP contribution in [0, 0.1) is 0 Å². The summed E-state index contributed by atoms with van der Waals surface area (Å²) in [6, 6.07) is 16.0. The summed E-state index contributed by atoms with van der Waals surface area (Å²) in [6.07, 6.45) is 0. The molecule has 3 nitrogen and oxygen atoms in total. The minimum Gasteiger partial charge on any atom is -0.473 e. The van der Waals surface area contributed by atoms with E-state index in [1.54, 1.807) is 0 Å². The van der Waals surface area contributed by atoms with Crippen molar-refractivity contribution in [2.75, 3.05) is 11.9 Å². The summed E-state index contributed by atoms with van der Waals surface area (Å²) in [5.41, 5.74) is 1.18. The number of nitrogens with zero attached hydrogens (tertiary/aromatic N) is 2. The number of anilines is 1. The number of aromatic nitrogens is 1. The summed E-state index contributed by atoms with van der Waals surface area (Å²) in [5, 5.41) is 0. The average molecular weight is 270 g/mol. The Morgan fingerprint density at radius 3 is 2.35 bits per heavy atom. The third-order valence-electron chi connectivity index (χ3n) is 3.29. The van der Waals surface area contributed by atoms with E-state index in [1.807, 2.05) is 55.6 Å². The van der Waals surface area contributed by atoms with E-state index >= 15 is 0 Å². The molecule has 0 saturated heterocycles. The van der Waals surface area contributed by atoms with Gasteiger partial charge in [0.25, 0.3) is 0 Å². The fourth-order valence-corrected chi connectivity index (χ4v) is 1.75. The second kappa shape index (κ2) is 5.95. The van der Waals surface area contributed by atoms with E-state index in [4.69, 9.17) is 4.74 Å². The van der Waals surface area contributed by atoms with Crippen LogP contribution >= 0.6 is 0 Å². The van der Waals surface area contributed by atoms with E-state index in [0.717, 1.165) is 11.4 Å². The van der Waals surface area contributed by atoms with Crippen LogP contribution in [0.2, 0.25) is 0 Å². The second-order valence-electron chi connectivity index (χ2n) is 5.84. The summed E-state index contributed by atoms with van der Waals surface area (Å²) in [4.78, 5) is 6.70. The molecule has 0 aliphatic carbocycles. The van der Waals surface area contributed by atoms with E-state index in [-0.39, 0.29) is 5.54 Å². The number of rotatable bonds is 4. The van der Waals surface area contributed by atoms with Crippen molar-refractivity contribution in [1.29, 1.82) is 0 Å². The van der Waals surface area contributed by atoms with Crippen LogP contribution in [0.1, 0.15) is 26.3 Å². The van der Waals surface area contributed by atoms with Crippen molar-refractivity contribution in [3.63, 3.8) is 0 Å². The van der Waals surface area contributed by atoms with Crippen LogP contribution in [-0.2, 0) is 6.61 Å². The summed E-state index contributed by atoms with van der Waals surface area (Å²) in [7, 11) is 2.04. The van der Waals surface area contributed by atoms with E-state index in [9.17, 15) is 0 Å². The van der Waals surface area contributed by atoms with Gasteiger partial charge in [-0.1, -0.05) is 36.4 Å². The van der Waals surface area contributed by atoms with Crippen molar-refractivity contribution in [2.24, 2.45) is 0 Å². The van der Waals surface area contributed by atoms with Crippen molar-refractivity contribution in [3.8, 4) is 5.88 Å². The number of hydrogen-bond donors (Lipinski definition) is 0. The van der Waals surface area contributed by atoms with Crippen molar-refractivity contribution in [1.82, 2.24) is 4.98 Å². The summed E-state index contributed by atoms with van der Waals surface area (Å²) < 4.78 is 5.76. The van der Waals surface area contributed by atoms with Gasteiger partial charge in [0, 0.05) is 18.7 Å². The highest BCUT2D eigenvalue weighted by atomic mass is 16.5. The quantitative estimate of drug-likeness (QED) is 0.842. The average Bonchev–Trinajstić information content (AvgIpc) is 2.45. The molecule has 0 amide bonds. The first kappa shape index (κ1) is 14.4. The zero-order valence-electron chi connectivity index (χ0n) is 12.6. The van der Waals surface area contributed by atoms with E-state index < -0.39 is 0 Å². The minimum absolute atomic E-state index is 0.0328. The van der Waals surface area contributed by atoms with Crippen LogP contribution in [0.5, 0.6) is 5.88 Å². The van der Waals surface area contributed by atoms with Crippen LogP contribution in [0.15, 0.2) is 48.5 Å². The molecule has 1 aromatic carbocycles. The molecule has 0 saturated carbocycles. The first-order valence-electron chi connectivity index (χ1n) is 6.84. The maximum Gasteiger partial charge on any atom is 0.215 e. The van der Waals surface area contributed by atoms with Gasteiger partial charge in [0.2, 0.25) is 5.88 Å². The smallest absolute Gasteiger partial charge is 0.215 e. The van der Waals surface area contributed by atoms with Gasteiger partial charge in [-0.05, 0) is 32.4 Å². The third-order valence-corrected chi connectivity index (χ3v) is 3.29. The lowest BCUT2D eigenvalue weighted by Crippen LogP contribution is -2.38. The lowest BCUT2D eigenvalue weighted by atomic mass is 10.1. The van der Waals surface area contributed by atoms with Gasteiger partial charge in [-0.2, -0.15) is 4.98 Å². The molecule has 1 heterocycles. The highest BCUT2D eigenvalue weighted by Gasteiger charge is 2.18. The molecule has 0 fully saturated rings. The zero-order chi connectivity index (χ0) is 14.6. The predicted molar refractivity (Wildman–Crippen MR) is 83.2 cm³/mol. The Kier molecular flexibility index (Phi) is 4.28. The Morgan fingerprint density at radius 2 is 1.70 bits per heavy atom. The third kappa shape index (κ3) is 3.73. The van der Waals surface area contributed by atoms with Gasteiger partial charge >= 0.3 is 0 Å². The predicted octanol–water partition coefficient (Wildman–Crippen LogP) is 3.90. The van der Waals surface area contributed by atoms with Crippen LogP contribution in [-0.4, -0.2) is 17.6 Å². The van der Waals surface area contributed by atoms with Gasteiger partial charge < -0.3 is 9.64 Å². The Hall–Kier alpha value is -2.03. The molecule has 0 N–H and O–H groups in total. The largest absolute Gasteiger partial charge is 0.473 e. The number of pyridine rings is 1. The van der Waals surface area contributed by atoms with Gasteiger partial charge in [0.05, 0.1) is 0 Å². The molecule has 2 rings (SSSR count). The molecule has 0 aliphatic rings. The molecule has 3 heteroatoms. The van der Waals surface area contributed by atoms with Gasteiger partial charge in [-0.25, -0.2) is 0 Å². The molecule has 106 valence electrons. The van der Waals surface area contributed by atoms with Crippen LogP contribution in [0.25, 0.3) is 0 Å². The lowest BCUT2D eigenvalue weighted by Gasteiger charge is -2.33. The Labute approximate surface area is 121 Å². The van der Waals surface area contributed by atoms with Gasteiger partial charge in [0.15, 0.2) is 0 Å². The highest BCUT2D eigenvalue weighted by molar-refractivity contribution is 5.42. The Balaban J connectivity index is 2.07. The van der Waals surface area contributed by atoms with Gasteiger partial charge in [0.1, 0.15) is 12.4 Å². The van der Waals surface area contributed by atoms with Gasteiger partial charge in [-0.3, -0.25) is 0 Å². The minimum atomic E-state index is 0.0328. The summed E-state index contributed by atoms with van der Waals surface area (Å²) in [5.74, 6) is 1.57. The molecular weight excluding hydrogens is 248 g/mol. The molecule has 20 heavy (non-hydrogen) atoms. The summed E-state index contributed by atoms with van der Waals surface area (Å²) in [6.45, 7) is 7.01. The molecule has 0 unspecified atom stereocenters. The van der Waals surface area contributed by atoms with Crippen molar-refractivity contribution in [2.45, 2.75) is 32.9 Å². The molecule has 2 aromatic rings. The molecule has 0 bridgehead atoms. The Morgan fingerprint density at radius 1 is 1.00 bits per heavy atom. The van der Waals surface area contributed by atoms with Crippen LogP contribution in [0.3, 0.4) is 0 Å². The monoisotopic (exact) mass is 270 g/mol. The van der Waals surface area contributed by atoms with Crippen LogP contribution in [0.4, 0.5) is 5.82 Å². The maximum atomic E-state index is 5.76. The standard InChI is InChI=1S/C17H22N2O/c1-17(2,3)19(4)15-11-8-12-16(18-15)20-13-14-9-6-5-7-10-14/h5-12H,13H2,1-4H3. The zero-order valence-corrected chi connectivity index (χ0v) is 12.6. The molecule has 0 spiro atoms. The first-order chi connectivity index (χ1) is 9.47. The Bertz CT molecular complexity index is 546. The first-order valence-corrected chi connectivity index (χ1v) is 6.84. The topological polar surface area (TPSA) is 25.4 Å². The molecule has 0 atom stereocenters. The van der Waals surface area contributed by atoms with Gasteiger partial charge in [-0.15, -0.1) is 0 Å². The lowest BCUT2D eigenvalue weighted by molar-refractivity contribution is 0.293. The molecule has 1 aromatic heterocycles. The molecule has 0 aliphatic heterocycles. The van der Waals surface area contributed by atoms with E-state index in [2.05, 4.69) is 30.7 Å². The fourth-order valence-electron chi connectivity index (χ4n) is 1.75. The normalized spacial score (nSPS) is 11.2. The highest BCUT2D eigenvalue weighted by Crippen LogP contribution is 2.22. The van der Waals surface area contributed by atoms with Crippen molar-refractivity contribution >= 4 is 5.82 Å². The number of ether oxygens (including phenoxy) is 1. The molecule has 0 radical (unpaired) electrons. The fraction of sp³-hybridized carbons (Fsp3) is 0.353. The van der Waals surface area contributed by atoms with Crippen LogP contribution < -0.4 is 9.64 Å². The second-order valence-corrected chi connectivity index (χ2v) is 5.84. The van der Waals surface area contributed by atoms with Crippen molar-refractivity contribution < 1.29 is 4.74 Å². The van der Waals surface area contributed by atoms with Crippen molar-refractivity contribution in [3.05, 3.63) is 54.1 Å². The summed E-state index contributed by atoms with van der Waals surface area (Å²) >= 11 is 0. The number of benzene rings is 1. The van der Waals surface area contributed by atoms with E-state index in [0.29, 0.717) is 12.5 Å². The molecular formula is C17H22N2O. The number of hydrogen-bond acceptors (Lipinski definition) is 3. The maximum absolute atomic E-state index is 5.76.